The molecule has 0 radical (unpaired) electrons. The van der Waals surface area contributed by atoms with Crippen LogP contribution in [0.1, 0.15) is 27.2 Å². The van der Waals surface area contributed by atoms with E-state index in [-0.39, 0.29) is 35.3 Å². The molecule has 0 spiro atoms. The molecule has 5 nitrogen and oxygen atoms in total. The quantitative estimate of drug-likeness (QED) is 0.900. The van der Waals surface area contributed by atoms with Crippen LogP contribution < -0.4 is 20.5 Å². The fraction of sp³-hybridized carbons (Fsp3) is 0.500. The number of hydrogen-bond acceptors (Lipinski definition) is 4. The second kappa shape index (κ2) is 5.14. The van der Waals surface area contributed by atoms with Gasteiger partial charge in [0.05, 0.1) is 0 Å². The normalized spacial score (nSPS) is 17.4. The van der Waals surface area contributed by atoms with Gasteiger partial charge in [-0.2, -0.15) is 0 Å². The number of rotatable bonds is 3. The molecule has 1 amide bonds. The van der Waals surface area contributed by atoms with Gasteiger partial charge in [-0.3, -0.25) is 4.79 Å². The largest absolute Gasteiger partial charge is 0.586 e. The maximum absolute atomic E-state index is 12.9. The number of nitrogens with two attached hydrogens (primary N) is 1. The Hall–Kier alpha value is -1.89. The molecule has 1 aromatic rings. The van der Waals surface area contributed by atoms with Crippen molar-refractivity contribution < 1.29 is 23.0 Å². The number of halogens is 2. The summed E-state index contributed by atoms with van der Waals surface area (Å²) in [4.78, 5) is 11.9. The van der Waals surface area contributed by atoms with Gasteiger partial charge in [0.2, 0.25) is 5.91 Å². The number of nitrogens with one attached hydrogen (secondary N) is 1. The van der Waals surface area contributed by atoms with E-state index in [9.17, 15) is 13.6 Å². The molecule has 0 fully saturated rings. The summed E-state index contributed by atoms with van der Waals surface area (Å²) in [5.74, 6) is -0.467. The van der Waals surface area contributed by atoms with Crippen molar-refractivity contribution in [1.29, 1.82) is 0 Å². The number of benzene rings is 1. The van der Waals surface area contributed by atoms with Crippen molar-refractivity contribution in [2.24, 2.45) is 11.1 Å². The first-order valence-corrected chi connectivity index (χ1v) is 6.52. The highest BCUT2D eigenvalue weighted by molar-refractivity contribution is 5.91. The Morgan fingerprint density at radius 2 is 1.95 bits per heavy atom. The summed E-state index contributed by atoms with van der Waals surface area (Å²) in [5.41, 5.74) is 6.07. The molecule has 0 bridgehead atoms. The topological polar surface area (TPSA) is 73.6 Å². The molecule has 1 heterocycles. The highest BCUT2D eigenvalue weighted by atomic mass is 19.3. The minimum absolute atomic E-state index is 0.0654. The standard InChI is InChI=1S/C14H18F2N2O3/c1-13(2,3)11(17)7-12(19)18-8-4-5-9-10(6-8)21-14(15,16)20-9/h4-6,11H,7,17H2,1-3H3,(H,18,19). The van der Waals surface area contributed by atoms with Crippen LogP contribution in [0.5, 0.6) is 11.5 Å². The van der Waals surface area contributed by atoms with Crippen molar-refractivity contribution in [2.75, 3.05) is 5.32 Å². The van der Waals surface area contributed by atoms with Crippen molar-refractivity contribution >= 4 is 11.6 Å². The second-order valence-electron chi connectivity index (χ2n) is 6.05. The van der Waals surface area contributed by atoms with Crippen LogP contribution in [0.25, 0.3) is 0 Å². The van der Waals surface area contributed by atoms with Crippen molar-refractivity contribution in [1.82, 2.24) is 0 Å². The number of carbonyl (C=O) groups excluding carboxylic acids is 1. The molecule has 1 aromatic carbocycles. The van der Waals surface area contributed by atoms with Gasteiger partial charge in [0, 0.05) is 24.2 Å². The van der Waals surface area contributed by atoms with E-state index in [1.54, 1.807) is 0 Å². The number of alkyl halides is 2. The smallest absolute Gasteiger partial charge is 0.395 e. The van der Waals surface area contributed by atoms with Crippen molar-refractivity contribution in [3.05, 3.63) is 18.2 Å². The van der Waals surface area contributed by atoms with Crippen LogP contribution in [0.2, 0.25) is 0 Å². The van der Waals surface area contributed by atoms with Gasteiger partial charge >= 0.3 is 6.29 Å². The molecule has 21 heavy (non-hydrogen) atoms. The lowest BCUT2D eigenvalue weighted by Gasteiger charge is -2.26. The van der Waals surface area contributed by atoms with E-state index < -0.39 is 6.29 Å². The molecule has 0 aliphatic carbocycles. The minimum Gasteiger partial charge on any atom is -0.395 e. The summed E-state index contributed by atoms with van der Waals surface area (Å²) >= 11 is 0. The average Bonchev–Trinajstić information content (AvgIpc) is 2.60. The molecule has 0 saturated carbocycles. The summed E-state index contributed by atoms with van der Waals surface area (Å²) in [6.07, 6.45) is -3.53. The fourth-order valence-corrected chi connectivity index (χ4v) is 1.74. The number of anilines is 1. The third kappa shape index (κ3) is 3.81. The molecule has 1 aliphatic heterocycles. The van der Waals surface area contributed by atoms with Gasteiger partial charge < -0.3 is 20.5 Å². The Balaban J connectivity index is 2.01. The average molecular weight is 300 g/mol. The SMILES string of the molecule is CC(C)(C)C(N)CC(=O)Nc1ccc2c(c1)OC(F)(F)O2. The Morgan fingerprint density at radius 1 is 1.33 bits per heavy atom. The zero-order valence-corrected chi connectivity index (χ0v) is 12.1. The maximum Gasteiger partial charge on any atom is 0.586 e. The lowest BCUT2D eigenvalue weighted by atomic mass is 9.85. The van der Waals surface area contributed by atoms with E-state index >= 15 is 0 Å². The van der Waals surface area contributed by atoms with Crippen LogP contribution in [-0.4, -0.2) is 18.2 Å². The third-order valence-electron chi connectivity index (χ3n) is 3.20. The first-order valence-electron chi connectivity index (χ1n) is 6.52. The maximum atomic E-state index is 12.9. The van der Waals surface area contributed by atoms with Gasteiger partial charge in [0.15, 0.2) is 11.5 Å². The van der Waals surface area contributed by atoms with Crippen LogP contribution in [-0.2, 0) is 4.79 Å². The summed E-state index contributed by atoms with van der Waals surface area (Å²) in [5, 5.41) is 2.60. The van der Waals surface area contributed by atoms with Crippen molar-refractivity contribution in [2.45, 2.75) is 39.5 Å². The number of amides is 1. The van der Waals surface area contributed by atoms with Gasteiger partial charge in [-0.1, -0.05) is 20.8 Å². The van der Waals surface area contributed by atoms with Crippen molar-refractivity contribution in [3.8, 4) is 11.5 Å². The van der Waals surface area contributed by atoms with E-state index in [1.165, 1.54) is 18.2 Å². The Labute approximate surface area is 121 Å². The predicted molar refractivity (Wildman–Crippen MR) is 73.3 cm³/mol. The minimum atomic E-state index is -3.67. The Morgan fingerprint density at radius 3 is 2.57 bits per heavy atom. The number of hydrogen-bond donors (Lipinski definition) is 2. The fourth-order valence-electron chi connectivity index (χ4n) is 1.74. The molecule has 1 atom stereocenters. The van der Waals surface area contributed by atoms with Gasteiger partial charge in [0.1, 0.15) is 0 Å². The molecular formula is C14H18F2N2O3. The molecule has 0 aromatic heterocycles. The van der Waals surface area contributed by atoms with Crippen LogP contribution >= 0.6 is 0 Å². The van der Waals surface area contributed by atoms with E-state index in [1.807, 2.05) is 20.8 Å². The van der Waals surface area contributed by atoms with Gasteiger partial charge in [-0.05, 0) is 17.5 Å². The monoisotopic (exact) mass is 300 g/mol. The highest BCUT2D eigenvalue weighted by Gasteiger charge is 2.43. The molecular weight excluding hydrogens is 282 g/mol. The van der Waals surface area contributed by atoms with Gasteiger partial charge in [0.25, 0.3) is 0 Å². The van der Waals surface area contributed by atoms with Gasteiger partial charge in [-0.25, -0.2) is 0 Å². The van der Waals surface area contributed by atoms with Crippen LogP contribution in [0.4, 0.5) is 14.5 Å². The molecule has 116 valence electrons. The van der Waals surface area contributed by atoms with Crippen LogP contribution in [0.15, 0.2) is 18.2 Å². The van der Waals surface area contributed by atoms with E-state index in [2.05, 4.69) is 14.8 Å². The molecule has 1 unspecified atom stereocenters. The zero-order chi connectivity index (χ0) is 15.8. The molecule has 2 rings (SSSR count). The van der Waals surface area contributed by atoms with Crippen LogP contribution in [0, 0.1) is 5.41 Å². The predicted octanol–water partition coefficient (Wildman–Crippen LogP) is 2.71. The number of fused-ring (bicyclic) bond motifs is 1. The number of carbonyl (C=O) groups is 1. The lowest BCUT2D eigenvalue weighted by Crippen LogP contribution is -2.38. The zero-order valence-electron chi connectivity index (χ0n) is 12.1. The van der Waals surface area contributed by atoms with Crippen LogP contribution in [0.3, 0.4) is 0 Å². The highest BCUT2D eigenvalue weighted by Crippen LogP contribution is 2.42. The first-order chi connectivity index (χ1) is 9.57. The summed E-state index contributed by atoms with van der Waals surface area (Å²) in [6, 6.07) is 3.76. The second-order valence-corrected chi connectivity index (χ2v) is 6.05. The lowest BCUT2D eigenvalue weighted by molar-refractivity contribution is -0.286. The van der Waals surface area contributed by atoms with Crippen molar-refractivity contribution in [3.63, 3.8) is 0 Å². The molecule has 7 heteroatoms. The van der Waals surface area contributed by atoms with E-state index in [4.69, 9.17) is 5.73 Å². The van der Waals surface area contributed by atoms with E-state index in [0.717, 1.165) is 0 Å². The molecule has 3 N–H and O–H groups in total. The summed E-state index contributed by atoms with van der Waals surface area (Å²) in [7, 11) is 0. The third-order valence-corrected chi connectivity index (χ3v) is 3.20. The number of ether oxygens (including phenoxy) is 2. The Bertz CT molecular complexity index is 556. The summed E-state index contributed by atoms with van der Waals surface area (Å²) < 4.78 is 34.4. The van der Waals surface area contributed by atoms with E-state index in [0.29, 0.717) is 5.69 Å². The summed E-state index contributed by atoms with van der Waals surface area (Å²) in [6.45, 7) is 5.81. The molecule has 1 aliphatic rings. The Kier molecular flexibility index (Phi) is 3.79. The molecule has 0 saturated heterocycles. The van der Waals surface area contributed by atoms with Gasteiger partial charge in [-0.15, -0.1) is 8.78 Å². The first kappa shape index (κ1) is 15.5.